The van der Waals surface area contributed by atoms with Crippen LogP contribution in [-0.2, 0) is 9.53 Å². The van der Waals surface area contributed by atoms with Gasteiger partial charge in [-0.1, -0.05) is 13.8 Å². The number of esters is 1. The van der Waals surface area contributed by atoms with Gasteiger partial charge in [-0.05, 0) is 59.2 Å². The minimum absolute atomic E-state index is 0.0577. The van der Waals surface area contributed by atoms with Gasteiger partial charge in [0, 0.05) is 6.04 Å². The van der Waals surface area contributed by atoms with Crippen molar-refractivity contribution < 1.29 is 9.53 Å². The van der Waals surface area contributed by atoms with Gasteiger partial charge in [-0.25, -0.2) is 0 Å². The Morgan fingerprint density at radius 2 is 2.16 bits per heavy atom. The Kier molecular flexibility index (Phi) is 6.80. The van der Waals surface area contributed by atoms with Crippen molar-refractivity contribution in [2.45, 2.75) is 64.5 Å². The third-order valence-electron chi connectivity index (χ3n) is 4.23. The molecule has 4 heteroatoms. The first kappa shape index (κ1) is 16.4. The van der Waals surface area contributed by atoms with Crippen molar-refractivity contribution in [3.63, 3.8) is 0 Å². The van der Waals surface area contributed by atoms with Gasteiger partial charge >= 0.3 is 5.97 Å². The van der Waals surface area contributed by atoms with Gasteiger partial charge in [0.05, 0.1) is 6.61 Å². The molecular formula is C15H30N2O2. The quantitative estimate of drug-likeness (QED) is 0.720. The fraction of sp³-hybridized carbons (Fsp3) is 0.933. The summed E-state index contributed by atoms with van der Waals surface area (Å²) in [6, 6.07) is 0.479. The van der Waals surface area contributed by atoms with E-state index in [-0.39, 0.29) is 5.97 Å². The molecule has 0 amide bonds. The maximum Gasteiger partial charge on any atom is 0.326 e. The highest BCUT2D eigenvalue weighted by atomic mass is 16.5. The van der Waals surface area contributed by atoms with Crippen molar-refractivity contribution >= 4 is 5.97 Å². The van der Waals surface area contributed by atoms with E-state index in [9.17, 15) is 4.79 Å². The van der Waals surface area contributed by atoms with Crippen LogP contribution in [0, 0.1) is 0 Å². The van der Waals surface area contributed by atoms with Gasteiger partial charge < -0.3 is 15.0 Å². The zero-order valence-electron chi connectivity index (χ0n) is 13.0. The fourth-order valence-corrected chi connectivity index (χ4v) is 2.93. The molecule has 2 unspecified atom stereocenters. The van der Waals surface area contributed by atoms with Crippen LogP contribution in [0.4, 0.5) is 0 Å². The summed E-state index contributed by atoms with van der Waals surface area (Å²) in [5, 5.41) is 3.48. The molecule has 2 atom stereocenters. The van der Waals surface area contributed by atoms with Crippen molar-refractivity contribution in [1.82, 2.24) is 10.2 Å². The first-order chi connectivity index (χ1) is 9.09. The van der Waals surface area contributed by atoms with Gasteiger partial charge in [0.1, 0.15) is 5.54 Å². The Balaban J connectivity index is 2.80. The molecule has 4 nitrogen and oxygen atoms in total. The topological polar surface area (TPSA) is 41.6 Å². The summed E-state index contributed by atoms with van der Waals surface area (Å²) in [6.45, 7) is 8.54. The third-order valence-corrected chi connectivity index (χ3v) is 4.23. The summed E-state index contributed by atoms with van der Waals surface area (Å²) >= 11 is 0. The highest BCUT2D eigenvalue weighted by Crippen LogP contribution is 2.32. The number of hydrogen-bond donors (Lipinski definition) is 1. The molecule has 1 fully saturated rings. The fourth-order valence-electron chi connectivity index (χ4n) is 2.93. The van der Waals surface area contributed by atoms with Crippen molar-refractivity contribution in [3.05, 3.63) is 0 Å². The Hall–Kier alpha value is -0.610. The molecule has 0 bridgehead atoms. The van der Waals surface area contributed by atoms with E-state index < -0.39 is 5.54 Å². The molecule has 0 aromatic rings. The number of ether oxygens (including phenoxy) is 1. The van der Waals surface area contributed by atoms with Crippen LogP contribution >= 0.6 is 0 Å². The first-order valence-electron chi connectivity index (χ1n) is 7.72. The lowest BCUT2D eigenvalue weighted by Gasteiger charge is -2.42. The smallest absolute Gasteiger partial charge is 0.326 e. The van der Waals surface area contributed by atoms with Gasteiger partial charge in [-0.15, -0.1) is 0 Å². The van der Waals surface area contributed by atoms with E-state index in [4.69, 9.17) is 4.74 Å². The van der Waals surface area contributed by atoms with Gasteiger partial charge in [0.2, 0.25) is 0 Å². The molecule has 0 aromatic heterocycles. The molecule has 1 aliphatic rings. The maximum absolute atomic E-state index is 12.4. The molecule has 1 N–H and O–H groups in total. The first-order valence-corrected chi connectivity index (χ1v) is 7.72. The molecule has 0 spiro atoms. The monoisotopic (exact) mass is 270 g/mol. The second kappa shape index (κ2) is 7.85. The number of hydrogen-bond acceptors (Lipinski definition) is 4. The summed E-state index contributed by atoms with van der Waals surface area (Å²) in [6.07, 6.45) is 5.08. The average Bonchev–Trinajstić information content (AvgIpc) is 2.44. The van der Waals surface area contributed by atoms with Gasteiger partial charge in [0.25, 0.3) is 0 Å². The highest BCUT2D eigenvalue weighted by Gasteiger charge is 2.44. The standard InChI is InChI=1S/C15H30N2O2/c1-5-11-16-15(14(18)19-7-3)10-8-9-13(12-15)17(4)6-2/h13,16H,5-12H2,1-4H3. The van der Waals surface area contributed by atoms with Crippen molar-refractivity contribution in [1.29, 1.82) is 0 Å². The molecule has 0 aliphatic heterocycles. The minimum atomic E-state index is -0.460. The van der Waals surface area contributed by atoms with E-state index in [1.807, 2.05) is 6.92 Å². The second-order valence-electron chi connectivity index (χ2n) is 5.55. The molecule has 1 saturated carbocycles. The second-order valence-corrected chi connectivity index (χ2v) is 5.55. The number of rotatable bonds is 7. The lowest BCUT2D eigenvalue weighted by atomic mass is 9.78. The van der Waals surface area contributed by atoms with Gasteiger partial charge in [0.15, 0.2) is 0 Å². The Morgan fingerprint density at radius 1 is 1.42 bits per heavy atom. The Morgan fingerprint density at radius 3 is 2.74 bits per heavy atom. The molecule has 0 saturated heterocycles. The summed E-state index contributed by atoms with van der Waals surface area (Å²) < 4.78 is 5.32. The van der Waals surface area contributed by atoms with Crippen LogP contribution in [0.2, 0.25) is 0 Å². The Bertz CT molecular complexity index is 283. The SMILES string of the molecule is CCCNC1(C(=O)OCC)CCCC(N(C)CC)C1. The predicted molar refractivity (Wildman–Crippen MR) is 78.2 cm³/mol. The summed E-state index contributed by atoms with van der Waals surface area (Å²) in [7, 11) is 2.14. The summed E-state index contributed by atoms with van der Waals surface area (Å²) in [5.41, 5.74) is -0.460. The third kappa shape index (κ3) is 4.18. The van der Waals surface area contributed by atoms with Gasteiger partial charge in [-0.2, -0.15) is 0 Å². The van der Waals surface area contributed by atoms with E-state index >= 15 is 0 Å². The summed E-state index contributed by atoms with van der Waals surface area (Å²) in [4.78, 5) is 14.7. The largest absolute Gasteiger partial charge is 0.465 e. The average molecular weight is 270 g/mol. The number of carbonyl (C=O) groups excluding carboxylic acids is 1. The van der Waals surface area contributed by atoms with E-state index in [1.54, 1.807) is 0 Å². The van der Waals surface area contributed by atoms with Crippen LogP contribution in [0.25, 0.3) is 0 Å². The molecule has 112 valence electrons. The Labute approximate surface area is 117 Å². The highest BCUT2D eigenvalue weighted by molar-refractivity contribution is 5.81. The zero-order valence-corrected chi connectivity index (χ0v) is 13.0. The normalized spacial score (nSPS) is 27.5. The maximum atomic E-state index is 12.4. The summed E-state index contributed by atoms with van der Waals surface area (Å²) in [5.74, 6) is -0.0577. The van der Waals surface area contributed by atoms with Crippen molar-refractivity contribution in [2.75, 3.05) is 26.7 Å². The van der Waals surface area contributed by atoms with Crippen LogP contribution in [0.5, 0.6) is 0 Å². The molecule has 0 aromatic carbocycles. The number of carbonyl (C=O) groups is 1. The zero-order chi connectivity index (χ0) is 14.3. The predicted octanol–water partition coefficient (Wildman–Crippen LogP) is 2.18. The number of nitrogens with one attached hydrogen (secondary N) is 1. The van der Waals surface area contributed by atoms with Crippen LogP contribution in [0.3, 0.4) is 0 Å². The molecule has 1 aliphatic carbocycles. The van der Waals surface area contributed by atoms with E-state index in [0.29, 0.717) is 12.6 Å². The van der Waals surface area contributed by atoms with E-state index in [1.165, 1.54) is 6.42 Å². The van der Waals surface area contributed by atoms with Crippen molar-refractivity contribution in [2.24, 2.45) is 0 Å². The lowest BCUT2D eigenvalue weighted by molar-refractivity contribution is -0.153. The van der Waals surface area contributed by atoms with Crippen LogP contribution in [0.15, 0.2) is 0 Å². The lowest BCUT2D eigenvalue weighted by Crippen LogP contribution is -2.58. The molecule has 19 heavy (non-hydrogen) atoms. The van der Waals surface area contributed by atoms with Crippen molar-refractivity contribution in [3.8, 4) is 0 Å². The number of nitrogens with zero attached hydrogens (tertiary/aromatic N) is 1. The molecule has 0 radical (unpaired) electrons. The van der Waals surface area contributed by atoms with E-state index in [2.05, 4.69) is 31.1 Å². The van der Waals surface area contributed by atoms with E-state index in [0.717, 1.165) is 38.8 Å². The van der Waals surface area contributed by atoms with Crippen LogP contribution in [0.1, 0.15) is 52.9 Å². The van der Waals surface area contributed by atoms with Gasteiger partial charge in [-0.3, -0.25) is 4.79 Å². The van der Waals surface area contributed by atoms with Crippen LogP contribution < -0.4 is 5.32 Å². The molecule has 0 heterocycles. The minimum Gasteiger partial charge on any atom is -0.465 e. The molecular weight excluding hydrogens is 240 g/mol. The molecule has 1 rings (SSSR count). The van der Waals surface area contributed by atoms with Crippen LogP contribution in [-0.4, -0.2) is 49.2 Å².